The Labute approximate surface area is 174 Å². The molecule has 14 heteroatoms. The van der Waals surface area contributed by atoms with E-state index in [0.717, 1.165) is 0 Å². The minimum absolute atomic E-state index is 0. The van der Waals surface area contributed by atoms with E-state index in [9.17, 15) is 9.36 Å². The van der Waals surface area contributed by atoms with Crippen LogP contribution < -0.4 is 11.3 Å². The summed E-state index contributed by atoms with van der Waals surface area (Å²) in [5.41, 5.74) is 5.32. The van der Waals surface area contributed by atoms with E-state index < -0.39 is 25.8 Å². The van der Waals surface area contributed by atoms with Gasteiger partial charge in [0.25, 0.3) is 5.56 Å². The van der Waals surface area contributed by atoms with Gasteiger partial charge in [0.2, 0.25) is 5.95 Å². The maximum absolute atomic E-state index is 11.6. The number of aromatic amines is 1. The predicted octanol–water partition coefficient (Wildman–Crippen LogP) is -1.59. The van der Waals surface area contributed by atoms with Crippen molar-refractivity contribution >= 4 is 83.8 Å². The van der Waals surface area contributed by atoms with Crippen LogP contribution in [0.15, 0.2) is 11.1 Å². The number of anilines is 1. The summed E-state index contributed by atoms with van der Waals surface area (Å²) >= 11 is 0. The Morgan fingerprint density at radius 1 is 1.43 bits per heavy atom. The summed E-state index contributed by atoms with van der Waals surface area (Å²) in [7, 11) is -4.25. The Kier molecular flexibility index (Phi) is 9.73. The summed E-state index contributed by atoms with van der Waals surface area (Å²) in [6.45, 7) is 1.40. The molecule has 2 radical (unpaired) electrons. The molecule has 11 nitrogen and oxygen atoms in total. The third-order valence-electron chi connectivity index (χ3n) is 2.42. The third kappa shape index (κ3) is 6.92. The van der Waals surface area contributed by atoms with Gasteiger partial charge in [0.15, 0.2) is 23.8 Å². The van der Waals surface area contributed by atoms with Crippen LogP contribution in [0.1, 0.15) is 6.92 Å². The molecule has 0 aromatic carbocycles. The summed E-state index contributed by atoms with van der Waals surface area (Å²) in [6, 6.07) is 0. The van der Waals surface area contributed by atoms with Crippen molar-refractivity contribution in [1.82, 2.24) is 19.5 Å². The first-order valence-electron chi connectivity index (χ1n) is 5.74. The predicted molar refractivity (Wildman–Crippen MR) is 82.6 cm³/mol. The van der Waals surface area contributed by atoms with Crippen LogP contribution >= 0.6 is 7.60 Å². The Morgan fingerprint density at radius 2 is 2.09 bits per heavy atom. The Morgan fingerprint density at radius 3 is 2.70 bits per heavy atom. The van der Waals surface area contributed by atoms with Crippen LogP contribution in [0.2, 0.25) is 0 Å². The van der Waals surface area contributed by atoms with Crippen molar-refractivity contribution in [3.05, 3.63) is 16.7 Å². The van der Waals surface area contributed by atoms with Crippen molar-refractivity contribution in [3.8, 4) is 0 Å². The molecule has 0 saturated heterocycles. The summed E-state index contributed by atoms with van der Waals surface area (Å²) in [5, 5.41) is 0. The molecule has 2 rings (SSSR count). The number of hydrogen-bond acceptors (Lipinski definition) is 7. The molecule has 5 N–H and O–H groups in total. The van der Waals surface area contributed by atoms with Gasteiger partial charge < -0.3 is 25.0 Å². The Bertz CT molecular complexity index is 746. The molecule has 2 aromatic rings. The first kappa shape index (κ1) is 23.2. The number of nitrogens with zero attached hydrogens (tertiary/aromatic N) is 3. The third-order valence-corrected chi connectivity index (χ3v) is 2.90. The molecule has 0 aliphatic heterocycles. The Hall–Kier alpha value is 0.220. The number of aromatic nitrogens is 4. The quantitative estimate of drug-likeness (QED) is 0.268. The van der Waals surface area contributed by atoms with E-state index in [0.29, 0.717) is 0 Å². The molecule has 0 spiro atoms. The average Bonchev–Trinajstić information content (AvgIpc) is 2.76. The number of rotatable bonds is 6. The van der Waals surface area contributed by atoms with Gasteiger partial charge in [-0.1, -0.05) is 0 Å². The second kappa shape index (κ2) is 9.64. The van der Waals surface area contributed by atoms with Crippen LogP contribution in [-0.2, 0) is 20.8 Å². The summed E-state index contributed by atoms with van der Waals surface area (Å²) in [6.07, 6.45) is -0.277. The molecule has 0 saturated carbocycles. The monoisotopic (exact) mass is 365 g/mol. The second-order valence-corrected chi connectivity index (χ2v) is 5.75. The van der Waals surface area contributed by atoms with E-state index in [2.05, 4.69) is 15.0 Å². The smallest absolute Gasteiger partial charge is 0.351 e. The number of nitrogen functional groups attached to an aromatic ring is 1. The first-order valence-corrected chi connectivity index (χ1v) is 7.54. The normalized spacial score (nSPS) is 12.5. The number of nitrogens with two attached hydrogens (primary N) is 1. The van der Waals surface area contributed by atoms with Gasteiger partial charge in [0.1, 0.15) is 6.73 Å². The number of fused-ring (bicyclic) bond motifs is 1. The van der Waals surface area contributed by atoms with Crippen molar-refractivity contribution in [2.45, 2.75) is 19.9 Å². The van der Waals surface area contributed by atoms with E-state index in [1.54, 1.807) is 0 Å². The summed E-state index contributed by atoms with van der Waals surface area (Å²) in [4.78, 5) is 39.0. The largest absolute Gasteiger partial charge is 0.369 e. The van der Waals surface area contributed by atoms with Crippen molar-refractivity contribution < 1.29 is 23.8 Å². The number of H-pyrrole nitrogens is 1. The average molecular weight is 365 g/mol. The van der Waals surface area contributed by atoms with Gasteiger partial charge in [-0.05, 0) is 6.92 Å². The zero-order valence-corrected chi connectivity index (χ0v) is 17.9. The van der Waals surface area contributed by atoms with Crippen LogP contribution in [0.25, 0.3) is 11.2 Å². The SMILES string of the molecule is CC(OCn1cnc2c(=O)[nH]c(N)nc21)OCP(=O)(O)O.[Na].[Na]. The van der Waals surface area contributed by atoms with Crippen LogP contribution in [0, 0.1) is 0 Å². The minimum Gasteiger partial charge on any atom is -0.369 e. The van der Waals surface area contributed by atoms with E-state index in [-0.39, 0.29) is 83.0 Å². The topological polar surface area (TPSA) is 166 Å². The zero-order valence-electron chi connectivity index (χ0n) is 13.0. The van der Waals surface area contributed by atoms with E-state index in [1.165, 1.54) is 17.8 Å². The first-order chi connectivity index (χ1) is 9.76. The van der Waals surface area contributed by atoms with Crippen molar-refractivity contribution in [1.29, 1.82) is 0 Å². The van der Waals surface area contributed by atoms with Crippen LogP contribution in [0.4, 0.5) is 5.95 Å². The molecular weight excluding hydrogens is 351 g/mol. The molecule has 0 bridgehead atoms. The van der Waals surface area contributed by atoms with Crippen LogP contribution in [-0.4, -0.2) is 101 Å². The van der Waals surface area contributed by atoms with Gasteiger partial charge in [-0.15, -0.1) is 0 Å². The molecule has 0 aliphatic carbocycles. The van der Waals surface area contributed by atoms with Crippen molar-refractivity contribution in [2.75, 3.05) is 12.1 Å². The van der Waals surface area contributed by atoms with Gasteiger partial charge >= 0.3 is 7.60 Å². The van der Waals surface area contributed by atoms with Crippen LogP contribution in [0.3, 0.4) is 0 Å². The number of hydrogen-bond donors (Lipinski definition) is 4. The molecule has 0 fully saturated rings. The fourth-order valence-electron chi connectivity index (χ4n) is 1.50. The molecule has 1 unspecified atom stereocenters. The van der Waals surface area contributed by atoms with Gasteiger partial charge in [0.05, 0.1) is 6.33 Å². The molecule has 0 aliphatic rings. The molecular formula is C9H14N5Na2O6P. The van der Waals surface area contributed by atoms with Gasteiger partial charge in [-0.25, -0.2) is 4.98 Å². The number of imidazole rings is 1. The molecule has 0 amide bonds. The van der Waals surface area contributed by atoms with Crippen LogP contribution in [0.5, 0.6) is 0 Å². The maximum atomic E-state index is 11.6. The maximum Gasteiger partial charge on any atom is 0.351 e. The molecule has 2 heterocycles. The fraction of sp³-hybridized carbons (Fsp3) is 0.444. The molecule has 23 heavy (non-hydrogen) atoms. The fourth-order valence-corrected chi connectivity index (χ4v) is 1.90. The summed E-state index contributed by atoms with van der Waals surface area (Å²) < 4.78 is 22.1. The number of ether oxygens (including phenoxy) is 2. The minimum atomic E-state index is -4.25. The molecule has 118 valence electrons. The van der Waals surface area contributed by atoms with Gasteiger partial charge in [-0.3, -0.25) is 18.9 Å². The van der Waals surface area contributed by atoms with E-state index in [4.69, 9.17) is 25.0 Å². The second-order valence-electron chi connectivity index (χ2n) is 4.16. The van der Waals surface area contributed by atoms with Crippen molar-refractivity contribution in [2.24, 2.45) is 0 Å². The van der Waals surface area contributed by atoms with E-state index in [1.807, 2.05) is 0 Å². The summed E-state index contributed by atoms with van der Waals surface area (Å²) in [5.74, 6) is -0.0555. The zero-order chi connectivity index (χ0) is 15.6. The number of nitrogens with one attached hydrogen (secondary N) is 1. The standard InChI is InChI=1S/C9H14N5O6P.2Na/c1-5(20-4-21(16,17)18)19-3-14-2-11-6-7(14)12-9(10)13-8(6)15;;/h2,5H,3-4H2,1H3,(H2,16,17,18)(H3,10,12,13,15);;. The van der Waals surface area contributed by atoms with Gasteiger partial charge in [0, 0.05) is 59.1 Å². The Balaban J connectivity index is 0.00000242. The van der Waals surface area contributed by atoms with E-state index >= 15 is 0 Å². The molecule has 2 aromatic heterocycles. The van der Waals surface area contributed by atoms with Crippen molar-refractivity contribution in [3.63, 3.8) is 0 Å². The van der Waals surface area contributed by atoms with Gasteiger partial charge in [-0.2, -0.15) is 4.98 Å². The molecule has 1 atom stereocenters.